The molecule has 22 heavy (non-hydrogen) atoms. The van der Waals surface area contributed by atoms with E-state index in [0.29, 0.717) is 12.2 Å². The summed E-state index contributed by atoms with van der Waals surface area (Å²) in [6.07, 6.45) is 1.89. The summed E-state index contributed by atoms with van der Waals surface area (Å²) in [4.78, 5) is -0.257. The van der Waals surface area contributed by atoms with E-state index >= 15 is 0 Å². The van der Waals surface area contributed by atoms with E-state index in [9.17, 15) is 17.9 Å². The number of nitrogens with one attached hydrogen (secondary N) is 1. The minimum absolute atomic E-state index is 0.00494. The van der Waals surface area contributed by atoms with E-state index in [-0.39, 0.29) is 29.0 Å². The van der Waals surface area contributed by atoms with Gasteiger partial charge >= 0.3 is 0 Å². The lowest BCUT2D eigenvalue weighted by Crippen LogP contribution is -2.32. The van der Waals surface area contributed by atoms with Crippen LogP contribution in [-0.2, 0) is 16.4 Å². The van der Waals surface area contributed by atoms with Crippen molar-refractivity contribution in [1.82, 2.24) is 4.72 Å². The van der Waals surface area contributed by atoms with Crippen LogP contribution >= 0.6 is 11.6 Å². The van der Waals surface area contributed by atoms with Gasteiger partial charge < -0.3 is 9.52 Å². The molecule has 0 spiro atoms. The highest BCUT2D eigenvalue weighted by Gasteiger charge is 2.19. The summed E-state index contributed by atoms with van der Waals surface area (Å²) >= 11 is 5.66. The van der Waals surface area contributed by atoms with Crippen LogP contribution in [0.2, 0.25) is 5.02 Å². The van der Waals surface area contributed by atoms with Crippen molar-refractivity contribution in [2.45, 2.75) is 11.3 Å². The van der Waals surface area contributed by atoms with Gasteiger partial charge in [-0.3, -0.25) is 0 Å². The van der Waals surface area contributed by atoms with Crippen LogP contribution in [0.3, 0.4) is 0 Å². The highest BCUT2D eigenvalue weighted by molar-refractivity contribution is 7.89. The van der Waals surface area contributed by atoms with Gasteiger partial charge in [0.25, 0.3) is 0 Å². The standard InChI is InChI=1S/C14H15ClFNO4S/c15-11-5-12(16)7-14(6-11)22(19,20)17-8-10(9-18)4-13-2-1-3-21-13/h1-3,5-7,10,17-18H,4,8-9H2/t10-/m0/s1. The number of aliphatic hydroxyl groups excluding tert-OH is 1. The fourth-order valence-electron chi connectivity index (χ4n) is 1.91. The second-order valence-electron chi connectivity index (χ2n) is 4.79. The van der Waals surface area contributed by atoms with Crippen molar-refractivity contribution in [2.75, 3.05) is 13.2 Å². The zero-order chi connectivity index (χ0) is 16.2. The van der Waals surface area contributed by atoms with Crippen molar-refractivity contribution in [1.29, 1.82) is 0 Å². The fraction of sp³-hybridized carbons (Fsp3) is 0.286. The number of furan rings is 1. The number of aliphatic hydroxyl groups is 1. The first-order valence-electron chi connectivity index (χ1n) is 6.49. The molecule has 0 aliphatic rings. The van der Waals surface area contributed by atoms with Gasteiger partial charge in [0.2, 0.25) is 10.0 Å². The van der Waals surface area contributed by atoms with Crippen LogP contribution < -0.4 is 4.72 Å². The summed E-state index contributed by atoms with van der Waals surface area (Å²) in [5, 5.41) is 9.32. The Labute approximate surface area is 132 Å². The predicted molar refractivity (Wildman–Crippen MR) is 79.6 cm³/mol. The van der Waals surface area contributed by atoms with E-state index in [1.54, 1.807) is 12.1 Å². The second-order valence-corrected chi connectivity index (χ2v) is 6.99. The summed E-state index contributed by atoms with van der Waals surface area (Å²) in [5.74, 6) is -0.445. The van der Waals surface area contributed by atoms with Crippen LogP contribution in [0.1, 0.15) is 5.76 Å². The zero-order valence-electron chi connectivity index (χ0n) is 11.5. The topological polar surface area (TPSA) is 79.5 Å². The zero-order valence-corrected chi connectivity index (χ0v) is 13.1. The molecular weight excluding hydrogens is 333 g/mol. The van der Waals surface area contributed by atoms with Gasteiger partial charge in [-0.2, -0.15) is 0 Å². The first-order valence-corrected chi connectivity index (χ1v) is 8.36. The minimum Gasteiger partial charge on any atom is -0.469 e. The van der Waals surface area contributed by atoms with Crippen molar-refractivity contribution in [3.8, 4) is 0 Å². The van der Waals surface area contributed by atoms with Crippen LogP contribution in [0, 0.1) is 11.7 Å². The molecule has 0 amide bonds. The first kappa shape index (κ1) is 17.0. The van der Waals surface area contributed by atoms with Crippen LogP contribution in [0.25, 0.3) is 0 Å². The molecule has 5 nitrogen and oxygen atoms in total. The molecule has 0 bridgehead atoms. The molecule has 1 aromatic heterocycles. The number of halogens is 2. The van der Waals surface area contributed by atoms with Gasteiger partial charge in [-0.05, 0) is 30.3 Å². The van der Waals surface area contributed by atoms with Crippen molar-refractivity contribution in [3.63, 3.8) is 0 Å². The Balaban J connectivity index is 2.04. The Morgan fingerprint density at radius 3 is 2.73 bits per heavy atom. The van der Waals surface area contributed by atoms with Gasteiger partial charge in [-0.15, -0.1) is 0 Å². The average molecular weight is 348 g/mol. The maximum atomic E-state index is 13.2. The van der Waals surface area contributed by atoms with Gasteiger partial charge in [-0.1, -0.05) is 11.6 Å². The second kappa shape index (κ2) is 7.23. The molecule has 0 saturated heterocycles. The van der Waals surface area contributed by atoms with Gasteiger partial charge in [0, 0.05) is 30.5 Å². The molecule has 0 aliphatic carbocycles. The van der Waals surface area contributed by atoms with E-state index < -0.39 is 15.8 Å². The molecule has 8 heteroatoms. The molecule has 0 aliphatic heterocycles. The Kier molecular flexibility index (Phi) is 5.57. The van der Waals surface area contributed by atoms with E-state index in [4.69, 9.17) is 16.0 Å². The van der Waals surface area contributed by atoms with E-state index in [1.165, 1.54) is 6.26 Å². The summed E-state index contributed by atoms with van der Waals surface area (Å²) in [6, 6.07) is 6.52. The molecule has 1 heterocycles. The van der Waals surface area contributed by atoms with Gasteiger partial charge in [0.1, 0.15) is 11.6 Å². The van der Waals surface area contributed by atoms with Crippen LogP contribution in [0.15, 0.2) is 45.9 Å². The van der Waals surface area contributed by atoms with Crippen LogP contribution in [0.5, 0.6) is 0 Å². The highest BCUT2D eigenvalue weighted by atomic mass is 35.5. The molecule has 1 aromatic carbocycles. The molecule has 2 N–H and O–H groups in total. The molecule has 2 rings (SSSR count). The lowest BCUT2D eigenvalue weighted by molar-refractivity contribution is 0.221. The molecule has 2 aromatic rings. The third kappa shape index (κ3) is 4.54. The monoisotopic (exact) mass is 347 g/mol. The normalized spacial score (nSPS) is 13.2. The van der Waals surface area contributed by atoms with Crippen molar-refractivity contribution in [3.05, 3.63) is 53.2 Å². The maximum Gasteiger partial charge on any atom is 0.240 e. The quantitative estimate of drug-likeness (QED) is 0.804. The largest absolute Gasteiger partial charge is 0.469 e. The average Bonchev–Trinajstić information content (AvgIpc) is 2.95. The lowest BCUT2D eigenvalue weighted by Gasteiger charge is -2.14. The predicted octanol–water partition coefficient (Wildman–Crippen LogP) is 2.20. The fourth-order valence-corrected chi connectivity index (χ4v) is 3.37. The van der Waals surface area contributed by atoms with Gasteiger partial charge in [0.15, 0.2) is 0 Å². The smallest absolute Gasteiger partial charge is 0.240 e. The molecule has 0 saturated carbocycles. The van der Waals surface area contributed by atoms with E-state index in [0.717, 1.165) is 18.2 Å². The third-order valence-electron chi connectivity index (χ3n) is 3.04. The summed E-state index contributed by atoms with van der Waals surface area (Å²) < 4.78 is 45.0. The Morgan fingerprint density at radius 2 is 2.14 bits per heavy atom. The number of hydrogen-bond donors (Lipinski definition) is 2. The van der Waals surface area contributed by atoms with Crippen molar-refractivity contribution in [2.24, 2.45) is 5.92 Å². The molecule has 0 fully saturated rings. The van der Waals surface area contributed by atoms with E-state index in [1.807, 2.05) is 0 Å². The van der Waals surface area contributed by atoms with Gasteiger partial charge in [-0.25, -0.2) is 17.5 Å². The molecular formula is C14H15ClFNO4S. The molecule has 1 atom stereocenters. The Bertz CT molecular complexity index is 698. The van der Waals surface area contributed by atoms with E-state index in [2.05, 4.69) is 4.72 Å². The number of benzene rings is 1. The van der Waals surface area contributed by atoms with Crippen molar-refractivity contribution >= 4 is 21.6 Å². The Hall–Kier alpha value is -1.41. The van der Waals surface area contributed by atoms with Gasteiger partial charge in [0.05, 0.1) is 11.2 Å². The Morgan fingerprint density at radius 1 is 1.36 bits per heavy atom. The summed E-state index contributed by atoms with van der Waals surface area (Å²) in [7, 11) is -3.91. The van der Waals surface area contributed by atoms with Crippen LogP contribution in [-0.4, -0.2) is 26.7 Å². The highest BCUT2D eigenvalue weighted by Crippen LogP contribution is 2.18. The molecule has 120 valence electrons. The minimum atomic E-state index is -3.91. The number of hydrogen-bond acceptors (Lipinski definition) is 4. The first-order chi connectivity index (χ1) is 10.4. The number of rotatable bonds is 7. The van der Waals surface area contributed by atoms with Crippen LogP contribution in [0.4, 0.5) is 4.39 Å². The molecule has 0 unspecified atom stereocenters. The molecule has 0 radical (unpaired) electrons. The summed E-state index contributed by atoms with van der Waals surface area (Å²) in [5.41, 5.74) is 0. The lowest BCUT2D eigenvalue weighted by atomic mass is 10.1. The SMILES string of the molecule is O=S(=O)(NC[C@@H](CO)Cc1ccco1)c1cc(F)cc(Cl)c1. The maximum absolute atomic E-state index is 13.2. The third-order valence-corrected chi connectivity index (χ3v) is 4.66. The number of sulfonamides is 1. The van der Waals surface area contributed by atoms with Crippen molar-refractivity contribution < 1.29 is 22.3 Å². The summed E-state index contributed by atoms with van der Waals surface area (Å²) in [6.45, 7) is -0.221.